The van der Waals surface area contributed by atoms with Gasteiger partial charge in [-0.25, -0.2) is 0 Å². The molecule has 0 aromatic rings. The van der Waals surface area contributed by atoms with Crippen LogP contribution in [0.4, 0.5) is 0 Å². The Balaban J connectivity index is 2.34. The van der Waals surface area contributed by atoms with E-state index in [-0.39, 0.29) is 0 Å². The fraction of sp³-hybridized carbons (Fsp3) is 0.667. The summed E-state index contributed by atoms with van der Waals surface area (Å²) in [6, 6.07) is 0. The molecule has 1 N–H and O–H groups in total. The van der Waals surface area contributed by atoms with Crippen LogP contribution in [0.5, 0.6) is 0 Å². The van der Waals surface area contributed by atoms with Crippen LogP contribution >= 0.6 is 0 Å². The van der Waals surface area contributed by atoms with Crippen molar-refractivity contribution in [2.24, 2.45) is 5.92 Å². The first-order valence-corrected chi connectivity index (χ1v) is 4.07. The van der Waals surface area contributed by atoms with E-state index in [9.17, 15) is 4.79 Å². The van der Waals surface area contributed by atoms with Gasteiger partial charge in [0.05, 0.1) is 0 Å². The Morgan fingerprint density at radius 1 is 1.73 bits per heavy atom. The van der Waals surface area contributed by atoms with Gasteiger partial charge in [0.2, 0.25) is 0 Å². The summed E-state index contributed by atoms with van der Waals surface area (Å²) in [6.07, 6.45) is 4.52. The van der Waals surface area contributed by atoms with E-state index in [0.717, 1.165) is 25.7 Å². The first-order valence-electron chi connectivity index (χ1n) is 4.07. The van der Waals surface area contributed by atoms with E-state index in [1.54, 1.807) is 0 Å². The molecule has 0 amide bonds. The minimum Gasteiger partial charge on any atom is -0.481 e. The number of hydrogen-bond acceptors (Lipinski definition) is 1. The fourth-order valence-electron chi connectivity index (χ4n) is 1.67. The summed E-state index contributed by atoms with van der Waals surface area (Å²) in [5.41, 5.74) is 1.22. The highest BCUT2D eigenvalue weighted by Gasteiger charge is 2.17. The van der Waals surface area contributed by atoms with E-state index in [2.05, 4.69) is 6.58 Å². The minimum atomic E-state index is -0.676. The molecule has 62 valence electrons. The maximum Gasteiger partial charge on any atom is 0.303 e. The van der Waals surface area contributed by atoms with Gasteiger partial charge in [-0.2, -0.15) is 0 Å². The summed E-state index contributed by atoms with van der Waals surface area (Å²) in [4.78, 5) is 10.3. The van der Waals surface area contributed by atoms with Crippen LogP contribution in [-0.2, 0) is 4.79 Å². The molecule has 1 aliphatic rings. The Labute approximate surface area is 66.9 Å². The van der Waals surface area contributed by atoms with Gasteiger partial charge in [-0.1, -0.05) is 12.2 Å². The molecular weight excluding hydrogens is 140 g/mol. The third kappa shape index (κ3) is 2.74. The van der Waals surface area contributed by atoms with Gasteiger partial charge in [-0.3, -0.25) is 4.79 Å². The van der Waals surface area contributed by atoms with Crippen LogP contribution < -0.4 is 0 Å². The van der Waals surface area contributed by atoms with E-state index >= 15 is 0 Å². The van der Waals surface area contributed by atoms with E-state index in [0.29, 0.717) is 12.3 Å². The maximum absolute atomic E-state index is 10.3. The molecule has 1 fully saturated rings. The van der Waals surface area contributed by atoms with E-state index in [1.807, 2.05) is 0 Å². The molecule has 0 aromatic carbocycles. The maximum atomic E-state index is 10.3. The van der Waals surface area contributed by atoms with Crippen molar-refractivity contribution in [2.45, 2.75) is 32.1 Å². The molecule has 2 nitrogen and oxygen atoms in total. The number of allylic oxidation sites excluding steroid dienone is 1. The van der Waals surface area contributed by atoms with Crippen LogP contribution in [0.3, 0.4) is 0 Å². The lowest BCUT2D eigenvalue weighted by Crippen LogP contribution is -2.12. The Morgan fingerprint density at radius 3 is 3.00 bits per heavy atom. The number of aliphatic carboxylic acids is 1. The molecule has 1 atom stereocenters. The third-order valence-electron chi connectivity index (χ3n) is 2.18. The molecule has 0 heterocycles. The summed E-state index contributed by atoms with van der Waals surface area (Å²) in [6.45, 7) is 3.88. The lowest BCUT2D eigenvalue weighted by atomic mass is 9.84. The van der Waals surface area contributed by atoms with Crippen molar-refractivity contribution in [3.8, 4) is 0 Å². The first kappa shape index (κ1) is 8.31. The smallest absolute Gasteiger partial charge is 0.303 e. The highest BCUT2D eigenvalue weighted by molar-refractivity contribution is 5.67. The van der Waals surface area contributed by atoms with Crippen LogP contribution in [0.2, 0.25) is 0 Å². The van der Waals surface area contributed by atoms with E-state index < -0.39 is 5.97 Å². The van der Waals surface area contributed by atoms with Crippen LogP contribution in [0, 0.1) is 5.92 Å². The average Bonchev–Trinajstić information content (AvgIpc) is 1.85. The first-order chi connectivity index (χ1) is 5.18. The summed E-state index contributed by atoms with van der Waals surface area (Å²) < 4.78 is 0. The van der Waals surface area contributed by atoms with Crippen molar-refractivity contribution in [2.75, 3.05) is 0 Å². The summed E-state index contributed by atoms with van der Waals surface area (Å²) in [5, 5.41) is 8.52. The second-order valence-electron chi connectivity index (χ2n) is 3.31. The van der Waals surface area contributed by atoms with Crippen molar-refractivity contribution in [3.63, 3.8) is 0 Å². The largest absolute Gasteiger partial charge is 0.481 e. The lowest BCUT2D eigenvalue weighted by Gasteiger charge is -2.21. The van der Waals surface area contributed by atoms with Crippen molar-refractivity contribution in [1.82, 2.24) is 0 Å². The van der Waals surface area contributed by atoms with E-state index in [1.165, 1.54) is 5.57 Å². The number of carboxylic acids is 1. The fourth-order valence-corrected chi connectivity index (χ4v) is 1.67. The molecule has 1 rings (SSSR count). The molecule has 0 unspecified atom stereocenters. The van der Waals surface area contributed by atoms with Crippen LogP contribution in [0.25, 0.3) is 0 Å². The summed E-state index contributed by atoms with van der Waals surface area (Å²) >= 11 is 0. The van der Waals surface area contributed by atoms with Gasteiger partial charge in [0.1, 0.15) is 0 Å². The van der Waals surface area contributed by atoms with Crippen molar-refractivity contribution >= 4 is 5.97 Å². The molecule has 11 heavy (non-hydrogen) atoms. The van der Waals surface area contributed by atoms with Gasteiger partial charge < -0.3 is 5.11 Å². The van der Waals surface area contributed by atoms with Gasteiger partial charge in [-0.05, 0) is 31.6 Å². The predicted molar refractivity (Wildman–Crippen MR) is 43.4 cm³/mol. The standard InChI is InChI=1S/C9H14O2/c1-7-3-2-4-8(5-7)6-9(10)11/h8H,1-6H2,(H,10,11)/t8-/m1/s1. The Morgan fingerprint density at radius 2 is 2.45 bits per heavy atom. The monoisotopic (exact) mass is 154 g/mol. The molecule has 1 saturated carbocycles. The molecule has 0 radical (unpaired) electrons. The molecule has 0 saturated heterocycles. The second-order valence-corrected chi connectivity index (χ2v) is 3.31. The Hall–Kier alpha value is -0.790. The molecule has 0 bridgehead atoms. The third-order valence-corrected chi connectivity index (χ3v) is 2.18. The number of carbonyl (C=O) groups is 1. The molecule has 0 aliphatic heterocycles. The minimum absolute atomic E-state index is 0.318. The topological polar surface area (TPSA) is 37.3 Å². The van der Waals surface area contributed by atoms with Gasteiger partial charge in [0, 0.05) is 6.42 Å². The number of hydrogen-bond donors (Lipinski definition) is 1. The average molecular weight is 154 g/mol. The number of carboxylic acid groups (broad SMARTS) is 1. The lowest BCUT2D eigenvalue weighted by molar-refractivity contribution is -0.138. The van der Waals surface area contributed by atoms with Gasteiger partial charge >= 0.3 is 5.97 Å². The zero-order valence-electron chi connectivity index (χ0n) is 6.68. The van der Waals surface area contributed by atoms with Gasteiger partial charge in [-0.15, -0.1) is 0 Å². The summed E-state index contributed by atoms with van der Waals surface area (Å²) in [5.74, 6) is -0.321. The highest BCUT2D eigenvalue weighted by Crippen LogP contribution is 2.29. The van der Waals surface area contributed by atoms with Crippen molar-refractivity contribution in [1.29, 1.82) is 0 Å². The van der Waals surface area contributed by atoms with Crippen LogP contribution in [-0.4, -0.2) is 11.1 Å². The van der Waals surface area contributed by atoms with Crippen molar-refractivity contribution in [3.05, 3.63) is 12.2 Å². The zero-order chi connectivity index (χ0) is 8.27. The highest BCUT2D eigenvalue weighted by atomic mass is 16.4. The van der Waals surface area contributed by atoms with Gasteiger partial charge in [0.25, 0.3) is 0 Å². The molecule has 0 aromatic heterocycles. The quantitative estimate of drug-likeness (QED) is 0.619. The van der Waals surface area contributed by atoms with Crippen LogP contribution in [0.1, 0.15) is 32.1 Å². The SMILES string of the molecule is C=C1CCC[C@@H](CC(=O)O)C1. The van der Waals surface area contributed by atoms with Crippen molar-refractivity contribution < 1.29 is 9.90 Å². The molecule has 0 spiro atoms. The molecular formula is C9H14O2. The normalized spacial score (nSPS) is 25.1. The second kappa shape index (κ2) is 3.56. The van der Waals surface area contributed by atoms with Crippen LogP contribution in [0.15, 0.2) is 12.2 Å². The Bertz CT molecular complexity index is 170. The van der Waals surface area contributed by atoms with E-state index in [4.69, 9.17) is 5.11 Å². The predicted octanol–water partition coefficient (Wildman–Crippen LogP) is 2.21. The number of rotatable bonds is 2. The molecule has 1 aliphatic carbocycles. The summed E-state index contributed by atoms with van der Waals surface area (Å²) in [7, 11) is 0. The molecule has 2 heteroatoms. The zero-order valence-corrected chi connectivity index (χ0v) is 6.68. The van der Waals surface area contributed by atoms with Gasteiger partial charge in [0.15, 0.2) is 0 Å². The Kier molecular flexibility index (Phi) is 2.69.